The number of rotatable bonds is 1. The average Bonchev–Trinajstić information content (AvgIpc) is 1.59. The van der Waals surface area contributed by atoms with Gasteiger partial charge < -0.3 is 0 Å². The Morgan fingerprint density at radius 1 is 1.33 bits per heavy atom. The second-order valence-corrected chi connectivity index (χ2v) is 4.09. The summed E-state index contributed by atoms with van der Waals surface area (Å²) in [5, 5.41) is 0.157. The van der Waals surface area contributed by atoms with Gasteiger partial charge in [0.1, 0.15) is 0 Å². The van der Waals surface area contributed by atoms with E-state index in [1.807, 2.05) is 13.0 Å². The lowest BCUT2D eigenvalue weighted by Gasteiger charge is -2.11. The van der Waals surface area contributed by atoms with Crippen molar-refractivity contribution in [3.63, 3.8) is 0 Å². The molecule has 9 heavy (non-hydrogen) atoms. The van der Waals surface area contributed by atoms with E-state index in [0.717, 1.165) is 0 Å². The lowest BCUT2D eigenvalue weighted by molar-refractivity contribution is 0.542. The van der Waals surface area contributed by atoms with Gasteiger partial charge in [-0.25, -0.2) is 0 Å². The predicted octanol–water partition coefficient (Wildman–Crippen LogP) is 3.22. The van der Waals surface area contributed by atoms with E-state index in [9.17, 15) is 0 Å². The maximum Gasteiger partial charge on any atom is 0.0487 e. The van der Waals surface area contributed by atoms with E-state index in [-0.39, 0.29) is 10.8 Å². The first-order valence-corrected chi connectivity index (χ1v) is 3.69. The minimum absolute atomic E-state index is 0.157. The molecule has 1 unspecified atom stereocenters. The third-order valence-electron chi connectivity index (χ3n) is 0.861. The fourth-order valence-electron chi connectivity index (χ4n) is 0.421. The maximum atomic E-state index is 5.70. The highest BCUT2D eigenvalue weighted by molar-refractivity contribution is 6.21. The molecule has 0 radical (unpaired) electrons. The Bertz CT molecular complexity index is 95.6. The monoisotopic (exact) mass is 146 g/mol. The number of hydrogen-bond acceptors (Lipinski definition) is 0. The predicted molar refractivity (Wildman–Crippen MR) is 43.9 cm³/mol. The van der Waals surface area contributed by atoms with E-state index < -0.39 is 0 Å². The Morgan fingerprint density at radius 2 is 1.78 bits per heavy atom. The molecule has 0 aromatic rings. The summed E-state index contributed by atoms with van der Waals surface area (Å²) in [6.45, 7) is 8.43. The van der Waals surface area contributed by atoms with Gasteiger partial charge in [-0.2, -0.15) is 0 Å². The largest absolute Gasteiger partial charge is 0.119 e. The minimum Gasteiger partial charge on any atom is -0.119 e. The Hall–Kier alpha value is 0.0300. The molecule has 0 aliphatic carbocycles. The lowest BCUT2D eigenvalue weighted by Crippen LogP contribution is -1.99. The summed E-state index contributed by atoms with van der Waals surface area (Å²) >= 11 is 5.70. The summed E-state index contributed by atoms with van der Waals surface area (Å²) < 4.78 is 0. The third-order valence-corrected chi connectivity index (χ3v) is 1.01. The molecule has 0 aliphatic heterocycles. The van der Waals surface area contributed by atoms with E-state index in [1.54, 1.807) is 0 Å². The van der Waals surface area contributed by atoms with Crippen molar-refractivity contribution in [2.75, 3.05) is 0 Å². The number of hydrogen-bond donors (Lipinski definition) is 0. The molecule has 0 rings (SSSR count). The van der Waals surface area contributed by atoms with Crippen LogP contribution in [0.25, 0.3) is 0 Å². The zero-order valence-corrected chi connectivity index (χ0v) is 7.37. The molecule has 0 heterocycles. The van der Waals surface area contributed by atoms with Gasteiger partial charge >= 0.3 is 0 Å². The highest BCUT2D eigenvalue weighted by atomic mass is 35.5. The van der Waals surface area contributed by atoms with Gasteiger partial charge in [0, 0.05) is 5.38 Å². The maximum absolute atomic E-state index is 5.70. The molecule has 54 valence electrons. The molecule has 0 bridgehead atoms. The summed E-state index contributed by atoms with van der Waals surface area (Å²) in [6, 6.07) is 0. The van der Waals surface area contributed by atoms with E-state index in [4.69, 9.17) is 11.6 Å². The highest BCUT2D eigenvalue weighted by Crippen LogP contribution is 2.15. The SMILES string of the molecule is CC(Cl)/C=C/C(C)(C)C. The van der Waals surface area contributed by atoms with Crippen molar-refractivity contribution in [3.05, 3.63) is 12.2 Å². The molecule has 1 heteroatoms. The second kappa shape index (κ2) is 3.26. The van der Waals surface area contributed by atoms with Crippen LogP contribution in [0.5, 0.6) is 0 Å². The molecular formula is C8H15Cl. The molecule has 0 amide bonds. The van der Waals surface area contributed by atoms with E-state index in [0.29, 0.717) is 0 Å². The average molecular weight is 147 g/mol. The van der Waals surface area contributed by atoms with Crippen LogP contribution in [-0.2, 0) is 0 Å². The molecule has 0 aromatic heterocycles. The van der Waals surface area contributed by atoms with Crippen molar-refractivity contribution in [2.45, 2.75) is 33.1 Å². The summed E-state index contributed by atoms with van der Waals surface area (Å²) in [5.74, 6) is 0. The summed E-state index contributed by atoms with van der Waals surface area (Å²) in [4.78, 5) is 0. The van der Waals surface area contributed by atoms with Crippen LogP contribution in [0.3, 0.4) is 0 Å². The quantitative estimate of drug-likeness (QED) is 0.394. The molecule has 0 saturated carbocycles. The molecule has 0 N–H and O–H groups in total. The molecule has 0 aliphatic rings. The standard InChI is InChI=1S/C8H15Cl/c1-7(9)5-6-8(2,3)4/h5-7H,1-4H3/b6-5+. The van der Waals surface area contributed by atoms with Crippen molar-refractivity contribution in [1.29, 1.82) is 0 Å². The second-order valence-electron chi connectivity index (χ2n) is 3.40. The van der Waals surface area contributed by atoms with Gasteiger partial charge in [0.25, 0.3) is 0 Å². The van der Waals surface area contributed by atoms with Gasteiger partial charge in [-0.3, -0.25) is 0 Å². The summed E-state index contributed by atoms with van der Waals surface area (Å²) in [6.07, 6.45) is 4.15. The first kappa shape index (κ1) is 9.03. The fourth-order valence-corrected chi connectivity index (χ4v) is 0.494. The van der Waals surface area contributed by atoms with Crippen molar-refractivity contribution in [3.8, 4) is 0 Å². The number of halogens is 1. The van der Waals surface area contributed by atoms with Gasteiger partial charge in [0.15, 0.2) is 0 Å². The highest BCUT2D eigenvalue weighted by Gasteiger charge is 2.03. The van der Waals surface area contributed by atoms with Gasteiger partial charge in [-0.05, 0) is 12.3 Å². The molecule has 0 nitrogen and oxygen atoms in total. The summed E-state index contributed by atoms with van der Waals surface area (Å²) in [7, 11) is 0. The van der Waals surface area contributed by atoms with Crippen LogP contribution in [-0.4, -0.2) is 5.38 Å². The molecular weight excluding hydrogens is 132 g/mol. The first-order valence-electron chi connectivity index (χ1n) is 3.25. The van der Waals surface area contributed by atoms with Crippen molar-refractivity contribution in [1.82, 2.24) is 0 Å². The van der Waals surface area contributed by atoms with E-state index in [2.05, 4.69) is 26.8 Å². The van der Waals surface area contributed by atoms with Gasteiger partial charge in [-0.15, -0.1) is 11.6 Å². The van der Waals surface area contributed by atoms with Crippen LogP contribution in [0.2, 0.25) is 0 Å². The first-order chi connectivity index (χ1) is 3.92. The lowest BCUT2D eigenvalue weighted by atomic mass is 9.96. The van der Waals surface area contributed by atoms with Crippen LogP contribution < -0.4 is 0 Å². The number of alkyl halides is 1. The fraction of sp³-hybridized carbons (Fsp3) is 0.750. The van der Waals surface area contributed by atoms with Gasteiger partial charge in [0.2, 0.25) is 0 Å². The third kappa shape index (κ3) is 8.03. The van der Waals surface area contributed by atoms with E-state index >= 15 is 0 Å². The number of allylic oxidation sites excluding steroid dienone is 2. The van der Waals surface area contributed by atoms with Gasteiger partial charge in [-0.1, -0.05) is 32.9 Å². The molecule has 0 saturated heterocycles. The molecule has 0 fully saturated rings. The van der Waals surface area contributed by atoms with Crippen LogP contribution in [0.15, 0.2) is 12.2 Å². The molecule has 0 spiro atoms. The van der Waals surface area contributed by atoms with Crippen molar-refractivity contribution in [2.24, 2.45) is 5.41 Å². The zero-order valence-electron chi connectivity index (χ0n) is 6.61. The molecule has 0 aromatic carbocycles. The van der Waals surface area contributed by atoms with Crippen LogP contribution in [0.1, 0.15) is 27.7 Å². The topological polar surface area (TPSA) is 0 Å². The Balaban J connectivity index is 3.71. The Labute approximate surface area is 62.9 Å². The minimum atomic E-state index is 0.157. The molecule has 1 atom stereocenters. The van der Waals surface area contributed by atoms with Crippen LogP contribution in [0.4, 0.5) is 0 Å². The smallest absolute Gasteiger partial charge is 0.0487 e. The normalized spacial score (nSPS) is 16.6. The zero-order chi connectivity index (χ0) is 7.49. The van der Waals surface area contributed by atoms with Crippen LogP contribution in [0, 0.1) is 5.41 Å². The Morgan fingerprint density at radius 3 is 1.89 bits per heavy atom. The van der Waals surface area contributed by atoms with Crippen molar-refractivity contribution >= 4 is 11.6 Å². The Kier molecular flexibility index (Phi) is 3.27. The van der Waals surface area contributed by atoms with E-state index in [1.165, 1.54) is 0 Å². The van der Waals surface area contributed by atoms with Crippen LogP contribution >= 0.6 is 11.6 Å². The van der Waals surface area contributed by atoms with Gasteiger partial charge in [0.05, 0.1) is 0 Å². The van der Waals surface area contributed by atoms with Crippen molar-refractivity contribution < 1.29 is 0 Å². The summed E-state index contributed by atoms with van der Waals surface area (Å²) in [5.41, 5.74) is 0.267.